The predicted molar refractivity (Wildman–Crippen MR) is 82.3 cm³/mol. The lowest BCUT2D eigenvalue weighted by molar-refractivity contribution is -0.136. The summed E-state index contributed by atoms with van der Waals surface area (Å²) in [6.07, 6.45) is 0. The minimum absolute atomic E-state index is 0.111. The lowest BCUT2D eigenvalue weighted by Gasteiger charge is -2.21. The Balaban J connectivity index is 2.83. The van der Waals surface area contributed by atoms with Crippen molar-refractivity contribution >= 4 is 35.0 Å². The summed E-state index contributed by atoms with van der Waals surface area (Å²) in [5.41, 5.74) is 2.55. The summed E-state index contributed by atoms with van der Waals surface area (Å²) in [4.78, 5) is 29.0. The van der Waals surface area contributed by atoms with Crippen molar-refractivity contribution in [3.8, 4) is 0 Å². The summed E-state index contributed by atoms with van der Waals surface area (Å²) in [5.74, 6) is -0.965. The normalized spacial score (nSPS) is 12.1. The SMILES string of the molecule is CCONC(=O)C(NC(=O)c1ccc(Cl)cc1Cl)C(C)C. The van der Waals surface area contributed by atoms with Gasteiger partial charge in [0.05, 0.1) is 17.2 Å². The van der Waals surface area contributed by atoms with Gasteiger partial charge in [-0.25, -0.2) is 5.48 Å². The summed E-state index contributed by atoms with van der Waals surface area (Å²) < 4.78 is 0. The Morgan fingerprint density at radius 1 is 1.29 bits per heavy atom. The molecule has 7 heteroatoms. The number of rotatable bonds is 6. The summed E-state index contributed by atoms with van der Waals surface area (Å²) in [7, 11) is 0. The molecule has 0 fully saturated rings. The van der Waals surface area contributed by atoms with E-state index in [9.17, 15) is 9.59 Å². The van der Waals surface area contributed by atoms with Crippen molar-refractivity contribution in [2.45, 2.75) is 26.8 Å². The molecule has 0 radical (unpaired) electrons. The van der Waals surface area contributed by atoms with Crippen molar-refractivity contribution in [3.63, 3.8) is 0 Å². The van der Waals surface area contributed by atoms with E-state index in [1.54, 1.807) is 13.0 Å². The second-order valence-electron chi connectivity index (χ2n) is 4.72. The molecule has 0 saturated heterocycles. The molecule has 1 aromatic carbocycles. The highest BCUT2D eigenvalue weighted by Crippen LogP contribution is 2.21. The van der Waals surface area contributed by atoms with Gasteiger partial charge in [0.15, 0.2) is 0 Å². The van der Waals surface area contributed by atoms with Crippen LogP contribution in [-0.4, -0.2) is 24.5 Å². The van der Waals surface area contributed by atoms with Gasteiger partial charge in [0.25, 0.3) is 11.8 Å². The summed E-state index contributed by atoms with van der Waals surface area (Å²) in [6, 6.07) is 3.82. The van der Waals surface area contributed by atoms with E-state index < -0.39 is 17.9 Å². The second kappa shape index (κ2) is 8.22. The molecular formula is C14H18Cl2N2O3. The number of carbonyl (C=O) groups excluding carboxylic acids is 2. The van der Waals surface area contributed by atoms with E-state index >= 15 is 0 Å². The zero-order valence-corrected chi connectivity index (χ0v) is 13.6. The molecule has 1 rings (SSSR count). The third-order valence-corrected chi connectivity index (χ3v) is 3.28. The topological polar surface area (TPSA) is 67.4 Å². The van der Waals surface area contributed by atoms with Crippen LogP contribution < -0.4 is 10.8 Å². The summed E-state index contributed by atoms with van der Waals surface area (Å²) in [6.45, 7) is 5.73. The summed E-state index contributed by atoms with van der Waals surface area (Å²) >= 11 is 11.8. The molecule has 0 heterocycles. The fourth-order valence-electron chi connectivity index (χ4n) is 1.63. The Kier molecular flexibility index (Phi) is 6.95. The molecule has 0 aliphatic rings. The molecule has 1 atom stereocenters. The number of hydrogen-bond donors (Lipinski definition) is 2. The molecule has 0 bridgehead atoms. The van der Waals surface area contributed by atoms with Crippen LogP contribution in [0, 0.1) is 5.92 Å². The number of carbonyl (C=O) groups is 2. The highest BCUT2D eigenvalue weighted by atomic mass is 35.5. The van der Waals surface area contributed by atoms with Crippen molar-refractivity contribution in [2.24, 2.45) is 5.92 Å². The van der Waals surface area contributed by atoms with Gasteiger partial charge >= 0.3 is 0 Å². The van der Waals surface area contributed by atoms with Crippen LogP contribution in [0.5, 0.6) is 0 Å². The van der Waals surface area contributed by atoms with Crippen LogP contribution in [0.3, 0.4) is 0 Å². The first-order valence-corrected chi connectivity index (χ1v) is 7.30. The van der Waals surface area contributed by atoms with Crippen LogP contribution in [-0.2, 0) is 9.63 Å². The zero-order valence-electron chi connectivity index (χ0n) is 12.1. The quantitative estimate of drug-likeness (QED) is 0.787. The van der Waals surface area contributed by atoms with Crippen LogP contribution in [0.4, 0.5) is 0 Å². The van der Waals surface area contributed by atoms with E-state index in [0.717, 1.165) is 0 Å². The van der Waals surface area contributed by atoms with Gasteiger partial charge < -0.3 is 5.32 Å². The number of benzene rings is 1. The number of nitrogens with one attached hydrogen (secondary N) is 2. The molecular weight excluding hydrogens is 315 g/mol. The van der Waals surface area contributed by atoms with E-state index in [4.69, 9.17) is 28.0 Å². The summed E-state index contributed by atoms with van der Waals surface area (Å²) in [5, 5.41) is 3.31. The van der Waals surface area contributed by atoms with Crippen molar-refractivity contribution in [2.75, 3.05) is 6.61 Å². The lowest BCUT2D eigenvalue weighted by Crippen LogP contribution is -2.49. The first-order valence-electron chi connectivity index (χ1n) is 6.54. The van der Waals surface area contributed by atoms with Crippen LogP contribution in [0.1, 0.15) is 31.1 Å². The van der Waals surface area contributed by atoms with Crippen LogP contribution in [0.25, 0.3) is 0 Å². The monoisotopic (exact) mass is 332 g/mol. The molecule has 0 saturated carbocycles. The largest absolute Gasteiger partial charge is 0.340 e. The molecule has 1 unspecified atom stereocenters. The van der Waals surface area contributed by atoms with E-state index in [2.05, 4.69) is 10.8 Å². The Labute approximate surface area is 133 Å². The molecule has 5 nitrogen and oxygen atoms in total. The molecule has 116 valence electrons. The van der Waals surface area contributed by atoms with E-state index in [1.807, 2.05) is 13.8 Å². The Morgan fingerprint density at radius 2 is 1.95 bits per heavy atom. The molecule has 0 aromatic heterocycles. The van der Waals surface area contributed by atoms with Gasteiger partial charge in [0, 0.05) is 5.02 Å². The van der Waals surface area contributed by atoms with Crippen molar-refractivity contribution in [3.05, 3.63) is 33.8 Å². The van der Waals surface area contributed by atoms with E-state index in [0.29, 0.717) is 11.6 Å². The fraction of sp³-hybridized carbons (Fsp3) is 0.429. The molecule has 1 aromatic rings. The van der Waals surface area contributed by atoms with Gasteiger partial charge in [-0.1, -0.05) is 37.0 Å². The average molecular weight is 333 g/mol. The van der Waals surface area contributed by atoms with Crippen molar-refractivity contribution in [1.29, 1.82) is 0 Å². The van der Waals surface area contributed by atoms with Gasteiger partial charge in [0.1, 0.15) is 6.04 Å². The first kappa shape index (κ1) is 17.8. The highest BCUT2D eigenvalue weighted by molar-refractivity contribution is 6.36. The highest BCUT2D eigenvalue weighted by Gasteiger charge is 2.25. The molecule has 2 amide bonds. The minimum Gasteiger partial charge on any atom is -0.340 e. The van der Waals surface area contributed by atoms with Gasteiger partial charge in [-0.15, -0.1) is 0 Å². The van der Waals surface area contributed by atoms with Gasteiger partial charge in [-0.05, 0) is 31.0 Å². The standard InChI is InChI=1S/C14H18Cl2N2O3/c1-4-21-18-14(20)12(8(2)3)17-13(19)10-6-5-9(15)7-11(10)16/h5-8,12H,4H2,1-3H3,(H,17,19)(H,18,20). The Hall–Kier alpha value is -1.30. The second-order valence-corrected chi connectivity index (χ2v) is 5.56. The maximum absolute atomic E-state index is 12.2. The van der Waals surface area contributed by atoms with Gasteiger partial charge in [-0.3, -0.25) is 14.4 Å². The Morgan fingerprint density at radius 3 is 2.48 bits per heavy atom. The third-order valence-electron chi connectivity index (χ3n) is 2.73. The minimum atomic E-state index is -0.726. The first-order chi connectivity index (χ1) is 9.86. The average Bonchev–Trinajstić information content (AvgIpc) is 2.41. The number of halogens is 2. The van der Waals surface area contributed by atoms with Gasteiger partial charge in [0.2, 0.25) is 0 Å². The third kappa shape index (κ3) is 5.19. The van der Waals surface area contributed by atoms with Crippen LogP contribution >= 0.6 is 23.2 Å². The fourth-order valence-corrected chi connectivity index (χ4v) is 2.13. The molecule has 0 aliphatic heterocycles. The zero-order chi connectivity index (χ0) is 16.0. The van der Waals surface area contributed by atoms with Crippen LogP contribution in [0.15, 0.2) is 18.2 Å². The number of hydroxylamine groups is 1. The molecule has 0 aliphatic carbocycles. The van der Waals surface area contributed by atoms with Crippen molar-refractivity contribution in [1.82, 2.24) is 10.8 Å². The molecule has 21 heavy (non-hydrogen) atoms. The maximum atomic E-state index is 12.2. The number of hydrogen-bond acceptors (Lipinski definition) is 3. The van der Waals surface area contributed by atoms with Crippen LogP contribution in [0.2, 0.25) is 10.0 Å². The molecule has 2 N–H and O–H groups in total. The predicted octanol–water partition coefficient (Wildman–Crippen LogP) is 2.82. The van der Waals surface area contributed by atoms with Gasteiger partial charge in [-0.2, -0.15) is 0 Å². The number of amides is 2. The lowest BCUT2D eigenvalue weighted by atomic mass is 10.0. The maximum Gasteiger partial charge on any atom is 0.266 e. The van der Waals surface area contributed by atoms with E-state index in [1.165, 1.54) is 12.1 Å². The Bertz CT molecular complexity index is 521. The smallest absolute Gasteiger partial charge is 0.266 e. The van der Waals surface area contributed by atoms with E-state index in [-0.39, 0.29) is 16.5 Å². The molecule has 0 spiro atoms. The van der Waals surface area contributed by atoms with Crippen molar-refractivity contribution < 1.29 is 14.4 Å².